The number of fused-ring (bicyclic) bond motifs is 8. The van der Waals surface area contributed by atoms with E-state index < -0.39 is 0 Å². The number of hydrogen-bond donors (Lipinski definition) is 0. The summed E-state index contributed by atoms with van der Waals surface area (Å²) in [6.45, 7) is 0. The van der Waals surface area contributed by atoms with Gasteiger partial charge < -0.3 is 0 Å². The van der Waals surface area contributed by atoms with E-state index in [1.807, 2.05) is 12.1 Å². The van der Waals surface area contributed by atoms with Crippen molar-refractivity contribution in [2.24, 2.45) is 0 Å². The lowest BCUT2D eigenvalue weighted by molar-refractivity contribution is 1.22. The Morgan fingerprint density at radius 1 is 0.404 bits per heavy atom. The molecule has 6 aromatic carbocycles. The van der Waals surface area contributed by atoms with Crippen LogP contribution in [0, 0.1) is 0 Å². The zero-order chi connectivity index (χ0) is 30.9. The van der Waals surface area contributed by atoms with Crippen LogP contribution in [0.3, 0.4) is 0 Å². The van der Waals surface area contributed by atoms with Crippen molar-refractivity contribution in [1.82, 2.24) is 19.4 Å². The van der Waals surface area contributed by atoms with Crippen molar-refractivity contribution in [3.63, 3.8) is 0 Å². The van der Waals surface area contributed by atoms with E-state index in [2.05, 4.69) is 150 Å². The maximum Gasteiger partial charge on any atom is 0.138 e. The van der Waals surface area contributed by atoms with Gasteiger partial charge in [0.05, 0.1) is 27.9 Å². The normalized spacial score (nSPS) is 11.8. The fraction of sp³-hybridized carbons (Fsp3) is 0. The van der Waals surface area contributed by atoms with Gasteiger partial charge >= 0.3 is 0 Å². The number of nitrogens with zero attached hydrogens (tertiary/aromatic N) is 4. The second-order valence-corrected chi connectivity index (χ2v) is 12.0. The Hall–Kier alpha value is -6.39. The smallest absolute Gasteiger partial charge is 0.138 e. The van der Waals surface area contributed by atoms with Crippen LogP contribution in [0.5, 0.6) is 0 Å². The lowest BCUT2D eigenvalue weighted by Gasteiger charge is -2.17. The summed E-state index contributed by atoms with van der Waals surface area (Å²) in [6.07, 6.45) is 2.25. The topological polar surface area (TPSA) is 43.1 Å². The van der Waals surface area contributed by atoms with Crippen molar-refractivity contribution >= 4 is 60.0 Å². The summed E-state index contributed by atoms with van der Waals surface area (Å²) in [5.74, 6) is 0. The van der Waals surface area contributed by atoms with Gasteiger partial charge in [-0.1, -0.05) is 121 Å². The maximum absolute atomic E-state index is 5.20. The molecule has 0 spiro atoms. The average molecular weight is 599 g/mol. The zero-order valence-electron chi connectivity index (χ0n) is 25.3. The minimum atomic E-state index is 0.893. The van der Waals surface area contributed by atoms with Crippen LogP contribution in [0.25, 0.3) is 93.7 Å². The summed E-state index contributed by atoms with van der Waals surface area (Å²) in [7, 11) is 0. The standard InChI is InChI=1S/C43H26N4/c1-2-13-28(14-3-1)41-43-42(34-19-9-11-21-36(34)45-41)46-38-25-23-29(26-47(38)43)39-30-15-5-7-17-32(30)40(33-18-8-6-16-31(33)39)37-24-22-27-12-4-10-20-35(27)44-37/h1-26H. The highest BCUT2D eigenvalue weighted by molar-refractivity contribution is 6.21. The molecular weight excluding hydrogens is 573 g/mol. The Morgan fingerprint density at radius 2 is 1.02 bits per heavy atom. The molecule has 0 radical (unpaired) electrons. The van der Waals surface area contributed by atoms with Crippen molar-refractivity contribution < 1.29 is 0 Å². The Kier molecular flexibility index (Phi) is 5.54. The molecule has 47 heavy (non-hydrogen) atoms. The van der Waals surface area contributed by atoms with E-state index in [4.69, 9.17) is 15.0 Å². The van der Waals surface area contributed by atoms with Crippen molar-refractivity contribution in [3.05, 3.63) is 158 Å². The molecular formula is C43H26N4. The molecule has 0 aliphatic rings. The molecule has 4 nitrogen and oxygen atoms in total. The number of para-hydroxylation sites is 2. The molecule has 10 rings (SSSR count). The second-order valence-electron chi connectivity index (χ2n) is 12.0. The van der Waals surface area contributed by atoms with E-state index in [1.165, 1.54) is 27.1 Å². The fourth-order valence-electron chi connectivity index (χ4n) is 7.27. The van der Waals surface area contributed by atoms with Gasteiger partial charge in [-0.25, -0.2) is 15.0 Å². The number of aromatic nitrogens is 4. The van der Waals surface area contributed by atoms with Gasteiger partial charge in [0, 0.05) is 28.1 Å². The van der Waals surface area contributed by atoms with Crippen molar-refractivity contribution in [1.29, 1.82) is 0 Å². The molecule has 0 amide bonds. The minimum Gasteiger partial charge on any atom is -0.297 e. The molecule has 0 aliphatic heterocycles. The number of pyridine rings is 3. The summed E-state index contributed by atoms with van der Waals surface area (Å²) in [6, 6.07) is 53.2. The zero-order valence-corrected chi connectivity index (χ0v) is 25.3. The SMILES string of the molecule is c1ccc(-c2nc3ccccc3c3nc4ccc(-c5c6ccccc6c(-c6ccc7ccccc7n6)c6ccccc56)cn4c23)cc1. The van der Waals surface area contributed by atoms with Gasteiger partial charge in [0.15, 0.2) is 0 Å². The van der Waals surface area contributed by atoms with Crippen LogP contribution >= 0.6 is 0 Å². The van der Waals surface area contributed by atoms with Gasteiger partial charge in [0.25, 0.3) is 0 Å². The molecule has 0 saturated heterocycles. The molecule has 0 N–H and O–H groups in total. The van der Waals surface area contributed by atoms with Crippen LogP contribution in [-0.4, -0.2) is 19.4 Å². The number of imidazole rings is 1. The lowest BCUT2D eigenvalue weighted by Crippen LogP contribution is -1.95. The Labute approximate surface area is 270 Å². The van der Waals surface area contributed by atoms with Crippen LogP contribution in [0.15, 0.2) is 158 Å². The molecule has 4 heterocycles. The molecule has 0 aliphatic carbocycles. The van der Waals surface area contributed by atoms with E-state index >= 15 is 0 Å². The molecule has 218 valence electrons. The predicted molar refractivity (Wildman–Crippen MR) is 195 cm³/mol. The van der Waals surface area contributed by atoms with Crippen LogP contribution in [0.2, 0.25) is 0 Å². The number of benzene rings is 6. The summed E-state index contributed by atoms with van der Waals surface area (Å²) in [5.41, 5.74) is 11.2. The third kappa shape index (κ3) is 3.92. The maximum atomic E-state index is 5.20. The first-order valence-electron chi connectivity index (χ1n) is 15.9. The van der Waals surface area contributed by atoms with E-state index in [0.717, 1.165) is 66.6 Å². The molecule has 10 aromatic rings. The molecule has 0 fully saturated rings. The lowest BCUT2D eigenvalue weighted by atomic mass is 9.87. The van der Waals surface area contributed by atoms with Crippen LogP contribution in [-0.2, 0) is 0 Å². The quantitative estimate of drug-likeness (QED) is 0.190. The largest absolute Gasteiger partial charge is 0.297 e. The van der Waals surface area contributed by atoms with Crippen LogP contribution in [0.4, 0.5) is 0 Å². The van der Waals surface area contributed by atoms with Gasteiger partial charge in [0.2, 0.25) is 0 Å². The van der Waals surface area contributed by atoms with Crippen LogP contribution < -0.4 is 0 Å². The minimum absolute atomic E-state index is 0.893. The highest BCUT2D eigenvalue weighted by atomic mass is 15.0. The van der Waals surface area contributed by atoms with Crippen LogP contribution in [0.1, 0.15) is 0 Å². The van der Waals surface area contributed by atoms with Crippen molar-refractivity contribution in [2.45, 2.75) is 0 Å². The van der Waals surface area contributed by atoms with Gasteiger partial charge in [-0.3, -0.25) is 4.40 Å². The Morgan fingerprint density at radius 3 is 1.77 bits per heavy atom. The van der Waals surface area contributed by atoms with Gasteiger partial charge in [0.1, 0.15) is 11.2 Å². The molecule has 4 heteroatoms. The first-order valence-corrected chi connectivity index (χ1v) is 15.9. The fourth-order valence-corrected chi connectivity index (χ4v) is 7.27. The predicted octanol–water partition coefficient (Wildman–Crippen LogP) is 10.9. The van der Waals surface area contributed by atoms with Gasteiger partial charge in [-0.2, -0.15) is 0 Å². The summed E-state index contributed by atoms with van der Waals surface area (Å²) in [4.78, 5) is 15.5. The van der Waals surface area contributed by atoms with E-state index in [9.17, 15) is 0 Å². The second kappa shape index (κ2) is 10.1. The highest BCUT2D eigenvalue weighted by Crippen LogP contribution is 2.44. The molecule has 0 saturated carbocycles. The van der Waals surface area contributed by atoms with Crippen molar-refractivity contribution in [2.75, 3.05) is 0 Å². The Balaban J connectivity index is 1.30. The molecule has 0 atom stereocenters. The number of hydrogen-bond acceptors (Lipinski definition) is 3. The van der Waals surface area contributed by atoms with Gasteiger partial charge in [-0.15, -0.1) is 0 Å². The van der Waals surface area contributed by atoms with E-state index in [0.29, 0.717) is 0 Å². The molecule has 4 aromatic heterocycles. The third-order valence-corrected chi connectivity index (χ3v) is 9.36. The van der Waals surface area contributed by atoms with Crippen molar-refractivity contribution in [3.8, 4) is 33.6 Å². The summed E-state index contributed by atoms with van der Waals surface area (Å²) < 4.78 is 2.23. The average Bonchev–Trinajstić information content (AvgIpc) is 3.53. The molecule has 0 bridgehead atoms. The third-order valence-electron chi connectivity index (χ3n) is 9.36. The first-order chi connectivity index (χ1) is 23.3. The van der Waals surface area contributed by atoms with Gasteiger partial charge in [-0.05, 0) is 63.0 Å². The van der Waals surface area contributed by atoms with E-state index in [-0.39, 0.29) is 0 Å². The first kappa shape index (κ1) is 25.9. The molecule has 0 unspecified atom stereocenters. The number of rotatable bonds is 3. The summed E-state index contributed by atoms with van der Waals surface area (Å²) in [5, 5.41) is 6.92. The highest BCUT2D eigenvalue weighted by Gasteiger charge is 2.20. The van der Waals surface area contributed by atoms with E-state index in [1.54, 1.807) is 0 Å². The summed E-state index contributed by atoms with van der Waals surface area (Å²) >= 11 is 0. The monoisotopic (exact) mass is 598 g/mol. The Bertz CT molecular complexity index is 2790.